The van der Waals surface area contributed by atoms with Crippen molar-refractivity contribution in [3.8, 4) is 22.6 Å². The van der Waals surface area contributed by atoms with Crippen molar-refractivity contribution < 1.29 is 9.15 Å². The smallest absolute Gasteiger partial charge is 0.278 e. The van der Waals surface area contributed by atoms with E-state index in [1.54, 1.807) is 11.7 Å². The first kappa shape index (κ1) is 23.1. The summed E-state index contributed by atoms with van der Waals surface area (Å²) in [5.74, 6) is 1.88. The highest BCUT2D eigenvalue weighted by molar-refractivity contribution is 7.98. The van der Waals surface area contributed by atoms with E-state index in [0.29, 0.717) is 41.0 Å². The van der Waals surface area contributed by atoms with Gasteiger partial charge in [-0.05, 0) is 24.6 Å². The van der Waals surface area contributed by atoms with Gasteiger partial charge < -0.3 is 13.7 Å². The quantitative estimate of drug-likeness (QED) is 0.219. The molecule has 0 aliphatic carbocycles. The lowest BCUT2D eigenvalue weighted by molar-refractivity contribution is 0.183. The predicted octanol–water partition coefficient (Wildman–Crippen LogP) is 5.30. The number of benzene rings is 2. The third kappa shape index (κ3) is 4.54. The molecule has 0 bridgehead atoms. The van der Waals surface area contributed by atoms with Gasteiger partial charge in [-0.25, -0.2) is 9.97 Å². The fourth-order valence-electron chi connectivity index (χ4n) is 4.07. The molecule has 0 amide bonds. The van der Waals surface area contributed by atoms with Crippen LogP contribution >= 0.6 is 11.8 Å². The molecule has 0 spiro atoms. The summed E-state index contributed by atoms with van der Waals surface area (Å²) in [6, 6.07) is 19.8. The van der Waals surface area contributed by atoms with E-state index in [9.17, 15) is 4.79 Å². The Bertz CT molecular complexity index is 1520. The second-order valence-electron chi connectivity index (χ2n) is 8.24. The van der Waals surface area contributed by atoms with E-state index < -0.39 is 0 Å². The second kappa shape index (κ2) is 9.93. The van der Waals surface area contributed by atoms with Crippen LogP contribution in [0.4, 0.5) is 0 Å². The summed E-state index contributed by atoms with van der Waals surface area (Å²) < 4.78 is 14.8. The molecule has 0 unspecified atom stereocenters. The summed E-state index contributed by atoms with van der Waals surface area (Å²) in [5, 5.41) is 0.631. The SMILES string of the molecule is COCCn1c(SCc2nc(-c3ccccc3)oc2C)nc2c(-c3ccccc3)cn(C)c2c1=O. The topological polar surface area (TPSA) is 75.1 Å². The highest BCUT2D eigenvalue weighted by atomic mass is 32.2. The van der Waals surface area contributed by atoms with Gasteiger partial charge in [0.1, 0.15) is 16.8 Å². The Morgan fingerprint density at radius 3 is 2.37 bits per heavy atom. The van der Waals surface area contributed by atoms with Crippen molar-refractivity contribution in [2.24, 2.45) is 7.05 Å². The van der Waals surface area contributed by atoms with E-state index in [0.717, 1.165) is 28.1 Å². The molecule has 5 rings (SSSR count). The minimum absolute atomic E-state index is 0.0823. The van der Waals surface area contributed by atoms with Crippen LogP contribution < -0.4 is 5.56 Å². The fourth-order valence-corrected chi connectivity index (χ4v) is 5.09. The van der Waals surface area contributed by atoms with E-state index in [2.05, 4.69) is 0 Å². The average molecular weight is 487 g/mol. The Morgan fingerprint density at radius 2 is 1.69 bits per heavy atom. The zero-order valence-electron chi connectivity index (χ0n) is 19.9. The van der Waals surface area contributed by atoms with Crippen LogP contribution in [0.2, 0.25) is 0 Å². The van der Waals surface area contributed by atoms with Crippen molar-refractivity contribution in [3.63, 3.8) is 0 Å². The lowest BCUT2D eigenvalue weighted by Crippen LogP contribution is -2.26. The maximum atomic E-state index is 13.6. The summed E-state index contributed by atoms with van der Waals surface area (Å²) in [7, 11) is 3.51. The van der Waals surface area contributed by atoms with E-state index in [1.807, 2.05) is 85.4 Å². The van der Waals surface area contributed by atoms with E-state index in [1.165, 1.54) is 11.8 Å². The summed E-state index contributed by atoms with van der Waals surface area (Å²) in [4.78, 5) is 23.3. The molecule has 5 aromatic rings. The number of ether oxygens (including phenoxy) is 1. The number of methoxy groups -OCH3 is 1. The largest absolute Gasteiger partial charge is 0.441 e. The maximum Gasteiger partial charge on any atom is 0.278 e. The number of thioether (sulfide) groups is 1. The molecule has 2 aromatic carbocycles. The van der Waals surface area contributed by atoms with E-state index >= 15 is 0 Å². The van der Waals surface area contributed by atoms with Gasteiger partial charge in [-0.15, -0.1) is 0 Å². The molecule has 0 radical (unpaired) electrons. The number of aryl methyl sites for hydroxylation is 2. The second-order valence-corrected chi connectivity index (χ2v) is 9.18. The maximum absolute atomic E-state index is 13.6. The molecule has 0 saturated heterocycles. The van der Waals surface area contributed by atoms with Crippen LogP contribution in [0.5, 0.6) is 0 Å². The van der Waals surface area contributed by atoms with Crippen LogP contribution in [0, 0.1) is 6.92 Å². The lowest BCUT2D eigenvalue weighted by atomic mass is 10.1. The predicted molar refractivity (Wildman–Crippen MR) is 139 cm³/mol. The third-order valence-electron chi connectivity index (χ3n) is 5.90. The van der Waals surface area contributed by atoms with Crippen LogP contribution in [0.15, 0.2) is 81.2 Å². The minimum atomic E-state index is -0.0823. The van der Waals surface area contributed by atoms with Crippen molar-refractivity contribution in [2.75, 3.05) is 13.7 Å². The third-order valence-corrected chi connectivity index (χ3v) is 6.88. The molecule has 3 heterocycles. The van der Waals surface area contributed by atoms with Crippen LogP contribution in [-0.2, 0) is 24.1 Å². The lowest BCUT2D eigenvalue weighted by Gasteiger charge is -2.12. The molecule has 8 heteroatoms. The van der Waals surface area contributed by atoms with Crippen LogP contribution in [0.25, 0.3) is 33.6 Å². The Kier molecular flexibility index (Phi) is 6.57. The first-order chi connectivity index (χ1) is 17.1. The molecule has 7 nitrogen and oxygen atoms in total. The summed E-state index contributed by atoms with van der Waals surface area (Å²) in [6.07, 6.45) is 1.97. The van der Waals surface area contributed by atoms with Crippen molar-refractivity contribution >= 4 is 22.8 Å². The normalized spacial score (nSPS) is 11.4. The Balaban J connectivity index is 1.55. The number of nitrogens with zero attached hydrogens (tertiary/aromatic N) is 4. The molecule has 0 aliphatic heterocycles. The Morgan fingerprint density at radius 1 is 1.00 bits per heavy atom. The summed E-state index contributed by atoms with van der Waals surface area (Å²) >= 11 is 1.48. The molecule has 178 valence electrons. The van der Waals surface area contributed by atoms with Gasteiger partial charge in [0.05, 0.1) is 18.8 Å². The zero-order chi connectivity index (χ0) is 24.4. The molecule has 3 aromatic heterocycles. The van der Waals surface area contributed by atoms with Crippen molar-refractivity contribution in [1.29, 1.82) is 0 Å². The van der Waals surface area contributed by atoms with Crippen LogP contribution in [0.1, 0.15) is 11.5 Å². The molecule has 0 fully saturated rings. The number of aromatic nitrogens is 4. The average Bonchev–Trinajstić information content (AvgIpc) is 3.42. The molecule has 0 saturated carbocycles. The van der Waals surface area contributed by atoms with Gasteiger partial charge in [-0.1, -0.05) is 60.3 Å². The van der Waals surface area contributed by atoms with Crippen molar-refractivity contribution in [3.05, 3.63) is 88.7 Å². The van der Waals surface area contributed by atoms with E-state index in [4.69, 9.17) is 19.1 Å². The number of fused-ring (bicyclic) bond motifs is 1. The Labute approximate surface area is 207 Å². The number of rotatable bonds is 8. The highest BCUT2D eigenvalue weighted by Crippen LogP contribution is 2.31. The minimum Gasteiger partial charge on any atom is -0.441 e. The summed E-state index contributed by atoms with van der Waals surface area (Å²) in [5.41, 5.74) is 4.91. The van der Waals surface area contributed by atoms with Gasteiger partial charge in [0.25, 0.3) is 5.56 Å². The van der Waals surface area contributed by atoms with Crippen molar-refractivity contribution in [2.45, 2.75) is 24.4 Å². The summed E-state index contributed by atoms with van der Waals surface area (Å²) in [6.45, 7) is 2.74. The van der Waals surface area contributed by atoms with Crippen LogP contribution in [-0.4, -0.2) is 32.8 Å². The van der Waals surface area contributed by atoms with Gasteiger partial charge in [0.15, 0.2) is 5.16 Å². The fraction of sp³-hybridized carbons (Fsp3) is 0.222. The zero-order valence-corrected chi connectivity index (χ0v) is 20.7. The van der Waals surface area contributed by atoms with Gasteiger partial charge in [-0.3, -0.25) is 9.36 Å². The molecule has 0 atom stereocenters. The monoisotopic (exact) mass is 486 g/mol. The standard InChI is InChI=1S/C27H26N4O3S/c1-18-22(28-25(34-18)20-12-8-5-9-13-20)17-35-27-29-23-21(19-10-6-4-7-11-19)16-30(2)24(23)26(32)31(27)14-15-33-3/h4-13,16H,14-15,17H2,1-3H3. The highest BCUT2D eigenvalue weighted by Gasteiger charge is 2.20. The number of hydrogen-bond donors (Lipinski definition) is 0. The molecule has 35 heavy (non-hydrogen) atoms. The van der Waals surface area contributed by atoms with E-state index in [-0.39, 0.29) is 5.56 Å². The van der Waals surface area contributed by atoms with Gasteiger partial charge in [-0.2, -0.15) is 0 Å². The van der Waals surface area contributed by atoms with Gasteiger partial charge in [0, 0.05) is 37.2 Å². The molecule has 0 N–H and O–H groups in total. The Hall–Kier alpha value is -3.62. The van der Waals surface area contributed by atoms with Gasteiger partial charge >= 0.3 is 0 Å². The van der Waals surface area contributed by atoms with Crippen molar-refractivity contribution in [1.82, 2.24) is 19.1 Å². The molecule has 0 aliphatic rings. The number of oxazole rings is 1. The van der Waals surface area contributed by atoms with Crippen LogP contribution in [0.3, 0.4) is 0 Å². The van der Waals surface area contributed by atoms with Gasteiger partial charge in [0.2, 0.25) is 5.89 Å². The molecular formula is C27H26N4O3S. The molecular weight excluding hydrogens is 460 g/mol. The number of hydrogen-bond acceptors (Lipinski definition) is 6. The first-order valence-electron chi connectivity index (χ1n) is 11.4. The first-order valence-corrected chi connectivity index (χ1v) is 12.3.